The van der Waals surface area contributed by atoms with Crippen molar-refractivity contribution in [2.75, 3.05) is 5.32 Å². The molecule has 0 heterocycles. The van der Waals surface area contributed by atoms with Gasteiger partial charge in [-0.1, -0.05) is 39.1 Å². The van der Waals surface area contributed by atoms with Gasteiger partial charge in [-0.15, -0.1) is 0 Å². The lowest BCUT2D eigenvalue weighted by Gasteiger charge is -2.07. The maximum Gasteiger partial charge on any atom is 0.257 e. The van der Waals surface area contributed by atoms with Gasteiger partial charge in [0.1, 0.15) is 0 Å². The fourth-order valence-corrected chi connectivity index (χ4v) is 2.16. The quantitative estimate of drug-likeness (QED) is 0.815. The van der Waals surface area contributed by atoms with E-state index in [2.05, 4.69) is 21.2 Å². The van der Waals surface area contributed by atoms with E-state index in [1.165, 1.54) is 0 Å². The molecular formula is C13H8BrCl2NO. The van der Waals surface area contributed by atoms with Crippen LogP contribution in [0.25, 0.3) is 0 Å². The topological polar surface area (TPSA) is 29.1 Å². The molecule has 0 radical (unpaired) electrons. The predicted octanol–water partition coefficient (Wildman–Crippen LogP) is 5.01. The van der Waals surface area contributed by atoms with Crippen LogP contribution in [0.5, 0.6) is 0 Å². The molecule has 0 bridgehead atoms. The molecule has 2 nitrogen and oxygen atoms in total. The van der Waals surface area contributed by atoms with Crippen LogP contribution in [0.2, 0.25) is 10.0 Å². The van der Waals surface area contributed by atoms with E-state index in [9.17, 15) is 4.79 Å². The van der Waals surface area contributed by atoms with Gasteiger partial charge in [0.05, 0.1) is 10.6 Å². The Bertz CT molecular complexity index is 584. The van der Waals surface area contributed by atoms with Crippen LogP contribution in [0.3, 0.4) is 0 Å². The fraction of sp³-hybridized carbons (Fsp3) is 0. The van der Waals surface area contributed by atoms with E-state index in [1.807, 2.05) is 12.1 Å². The van der Waals surface area contributed by atoms with Crippen molar-refractivity contribution in [2.24, 2.45) is 0 Å². The van der Waals surface area contributed by atoms with Gasteiger partial charge in [0.25, 0.3) is 5.91 Å². The molecule has 1 amide bonds. The molecule has 0 atom stereocenters. The van der Waals surface area contributed by atoms with Crippen LogP contribution in [0.15, 0.2) is 46.9 Å². The van der Waals surface area contributed by atoms with Crippen LogP contribution in [-0.2, 0) is 0 Å². The van der Waals surface area contributed by atoms with Crippen LogP contribution < -0.4 is 5.32 Å². The first-order valence-electron chi connectivity index (χ1n) is 5.08. The van der Waals surface area contributed by atoms with Gasteiger partial charge in [0, 0.05) is 15.2 Å². The number of halogens is 3. The third-order valence-corrected chi connectivity index (χ3v) is 3.35. The van der Waals surface area contributed by atoms with Crippen molar-refractivity contribution < 1.29 is 4.79 Å². The Kier molecular flexibility index (Phi) is 4.27. The maximum absolute atomic E-state index is 12.0. The van der Waals surface area contributed by atoms with Crippen molar-refractivity contribution in [3.63, 3.8) is 0 Å². The second kappa shape index (κ2) is 5.74. The second-order valence-corrected chi connectivity index (χ2v) is 5.34. The summed E-state index contributed by atoms with van der Waals surface area (Å²) in [6.07, 6.45) is 0. The zero-order valence-corrected chi connectivity index (χ0v) is 12.2. The highest BCUT2D eigenvalue weighted by Gasteiger charge is 2.10. The predicted molar refractivity (Wildman–Crippen MR) is 78.6 cm³/mol. The zero-order valence-electron chi connectivity index (χ0n) is 9.08. The summed E-state index contributed by atoms with van der Waals surface area (Å²) in [5.41, 5.74) is 1.10. The van der Waals surface area contributed by atoms with Gasteiger partial charge in [-0.2, -0.15) is 0 Å². The summed E-state index contributed by atoms with van der Waals surface area (Å²) in [7, 11) is 0. The lowest BCUT2D eigenvalue weighted by Crippen LogP contribution is -2.12. The first kappa shape index (κ1) is 13.4. The summed E-state index contributed by atoms with van der Waals surface area (Å²) in [5, 5.41) is 3.59. The minimum absolute atomic E-state index is 0.265. The molecule has 2 aromatic carbocycles. The smallest absolute Gasteiger partial charge is 0.257 e. The molecule has 1 N–H and O–H groups in total. The van der Waals surface area contributed by atoms with Crippen molar-refractivity contribution in [3.8, 4) is 0 Å². The molecule has 0 fully saturated rings. The van der Waals surface area contributed by atoms with Crippen LogP contribution in [0.4, 0.5) is 5.69 Å². The molecular weight excluding hydrogens is 337 g/mol. The van der Waals surface area contributed by atoms with Gasteiger partial charge in [-0.25, -0.2) is 0 Å². The van der Waals surface area contributed by atoms with Crippen LogP contribution >= 0.6 is 39.1 Å². The summed E-state index contributed by atoms with van der Waals surface area (Å²) in [5.74, 6) is -0.265. The Hall–Kier alpha value is -1.03. The number of benzene rings is 2. The van der Waals surface area contributed by atoms with Gasteiger partial charge >= 0.3 is 0 Å². The Balaban J connectivity index is 2.19. The first-order chi connectivity index (χ1) is 8.56. The van der Waals surface area contributed by atoms with E-state index < -0.39 is 0 Å². The molecule has 0 saturated carbocycles. The highest BCUT2D eigenvalue weighted by Crippen LogP contribution is 2.22. The molecule has 18 heavy (non-hydrogen) atoms. The lowest BCUT2D eigenvalue weighted by molar-refractivity contribution is 0.102. The Labute approximate surface area is 123 Å². The summed E-state index contributed by atoms with van der Waals surface area (Å²) in [4.78, 5) is 12.0. The number of carbonyl (C=O) groups is 1. The highest BCUT2D eigenvalue weighted by molar-refractivity contribution is 9.10. The molecule has 0 unspecified atom stereocenters. The molecule has 0 aromatic heterocycles. The van der Waals surface area contributed by atoms with Gasteiger partial charge in [-0.05, 0) is 42.5 Å². The molecule has 0 spiro atoms. The number of hydrogen-bond donors (Lipinski definition) is 1. The van der Waals surface area contributed by atoms with Crippen molar-refractivity contribution in [3.05, 3.63) is 62.5 Å². The minimum atomic E-state index is -0.265. The van der Waals surface area contributed by atoms with Crippen LogP contribution in [0.1, 0.15) is 10.4 Å². The third-order valence-electron chi connectivity index (χ3n) is 2.28. The van der Waals surface area contributed by atoms with Crippen molar-refractivity contribution in [2.45, 2.75) is 0 Å². The summed E-state index contributed by atoms with van der Waals surface area (Å²) >= 11 is 15.1. The second-order valence-electron chi connectivity index (χ2n) is 3.59. The standard InChI is InChI=1S/C13H8BrCl2NO/c14-8-1-4-10(5-2-8)17-13(18)11-6-3-9(15)7-12(11)16/h1-7H,(H,17,18). The minimum Gasteiger partial charge on any atom is -0.322 e. The Morgan fingerprint density at radius 2 is 1.72 bits per heavy atom. The maximum atomic E-state index is 12.0. The molecule has 2 aromatic rings. The Morgan fingerprint density at radius 1 is 1.06 bits per heavy atom. The molecule has 0 aliphatic carbocycles. The number of anilines is 1. The molecule has 0 aliphatic rings. The summed E-state index contributed by atoms with van der Waals surface area (Å²) in [6.45, 7) is 0. The van der Waals surface area contributed by atoms with E-state index in [0.29, 0.717) is 21.3 Å². The van der Waals surface area contributed by atoms with E-state index >= 15 is 0 Å². The molecule has 2 rings (SSSR count). The highest BCUT2D eigenvalue weighted by atomic mass is 79.9. The van der Waals surface area contributed by atoms with Crippen molar-refractivity contribution in [1.82, 2.24) is 0 Å². The van der Waals surface area contributed by atoms with E-state index in [-0.39, 0.29) is 5.91 Å². The van der Waals surface area contributed by atoms with E-state index in [0.717, 1.165) is 4.47 Å². The number of amides is 1. The summed E-state index contributed by atoms with van der Waals surface area (Å²) < 4.78 is 0.949. The molecule has 0 aliphatic heterocycles. The normalized spacial score (nSPS) is 10.2. The third kappa shape index (κ3) is 3.25. The van der Waals surface area contributed by atoms with Gasteiger partial charge in [-0.3, -0.25) is 4.79 Å². The number of nitrogens with one attached hydrogen (secondary N) is 1. The van der Waals surface area contributed by atoms with E-state index in [1.54, 1.807) is 30.3 Å². The monoisotopic (exact) mass is 343 g/mol. The van der Waals surface area contributed by atoms with Crippen LogP contribution in [0, 0.1) is 0 Å². The fourth-order valence-electron chi connectivity index (χ4n) is 1.41. The van der Waals surface area contributed by atoms with Gasteiger partial charge in [0.15, 0.2) is 0 Å². The molecule has 0 saturated heterocycles. The number of carbonyl (C=O) groups excluding carboxylic acids is 1. The van der Waals surface area contributed by atoms with Crippen molar-refractivity contribution >= 4 is 50.7 Å². The van der Waals surface area contributed by atoms with Crippen LogP contribution in [-0.4, -0.2) is 5.91 Å². The largest absolute Gasteiger partial charge is 0.322 e. The SMILES string of the molecule is O=C(Nc1ccc(Br)cc1)c1ccc(Cl)cc1Cl. The van der Waals surface area contributed by atoms with Crippen molar-refractivity contribution in [1.29, 1.82) is 0 Å². The first-order valence-corrected chi connectivity index (χ1v) is 6.63. The number of rotatable bonds is 2. The average molecular weight is 345 g/mol. The lowest BCUT2D eigenvalue weighted by atomic mass is 10.2. The van der Waals surface area contributed by atoms with Gasteiger partial charge in [0.2, 0.25) is 0 Å². The van der Waals surface area contributed by atoms with E-state index in [4.69, 9.17) is 23.2 Å². The molecule has 92 valence electrons. The average Bonchev–Trinajstić information content (AvgIpc) is 2.32. The number of hydrogen-bond acceptors (Lipinski definition) is 1. The Morgan fingerprint density at radius 3 is 2.33 bits per heavy atom. The molecule has 5 heteroatoms. The zero-order chi connectivity index (χ0) is 13.1. The summed E-state index contributed by atoms with van der Waals surface area (Å²) in [6, 6.07) is 12.1. The van der Waals surface area contributed by atoms with Gasteiger partial charge < -0.3 is 5.32 Å².